The van der Waals surface area contributed by atoms with Crippen LogP contribution in [0.5, 0.6) is 11.5 Å². The van der Waals surface area contributed by atoms with Gasteiger partial charge in [-0.2, -0.15) is 0 Å². The fourth-order valence-corrected chi connectivity index (χ4v) is 3.84. The molecule has 2 heterocycles. The lowest BCUT2D eigenvalue weighted by atomic mass is 10.1. The fourth-order valence-electron chi connectivity index (χ4n) is 3.84. The number of nitrogens with zero attached hydrogens (tertiary/aromatic N) is 2. The predicted molar refractivity (Wildman–Crippen MR) is 128 cm³/mol. The molecule has 4 aromatic carbocycles. The molecule has 0 unspecified atom stereocenters. The minimum Gasteiger partial charge on any atom is -0.456 e. The molecule has 6 rings (SSSR count). The molecule has 0 amide bonds. The summed E-state index contributed by atoms with van der Waals surface area (Å²) >= 11 is 0. The number of fused-ring (bicyclic) bond motifs is 2. The minimum atomic E-state index is 0.501. The van der Waals surface area contributed by atoms with Gasteiger partial charge in [-0.3, -0.25) is 0 Å². The summed E-state index contributed by atoms with van der Waals surface area (Å²) in [5.41, 5.74) is 6.81. The van der Waals surface area contributed by atoms with Crippen molar-refractivity contribution in [1.29, 1.82) is 0 Å². The van der Waals surface area contributed by atoms with Crippen molar-refractivity contribution in [2.45, 2.75) is 13.8 Å². The van der Waals surface area contributed by atoms with E-state index in [1.54, 1.807) is 0 Å². The number of aromatic nitrogens is 2. The Labute approximate surface area is 190 Å². The van der Waals surface area contributed by atoms with Gasteiger partial charge in [-0.05, 0) is 73.5 Å². The Balaban J connectivity index is 1.51. The van der Waals surface area contributed by atoms with Crippen LogP contribution in [0.3, 0.4) is 0 Å². The zero-order chi connectivity index (χ0) is 22.4. The quantitative estimate of drug-likeness (QED) is 0.285. The summed E-state index contributed by atoms with van der Waals surface area (Å²) in [6, 6.07) is 27.4. The summed E-state index contributed by atoms with van der Waals surface area (Å²) in [4.78, 5) is 9.32. The molecule has 0 aliphatic rings. The van der Waals surface area contributed by atoms with Crippen LogP contribution in [0.4, 0.5) is 0 Å². The molecule has 5 heteroatoms. The highest BCUT2D eigenvalue weighted by molar-refractivity contribution is 5.80. The lowest BCUT2D eigenvalue weighted by molar-refractivity contribution is 0.477. The summed E-state index contributed by atoms with van der Waals surface area (Å²) in [6.45, 7) is 4.07. The van der Waals surface area contributed by atoms with Crippen molar-refractivity contribution in [3.8, 4) is 34.4 Å². The Kier molecular flexibility index (Phi) is 4.47. The van der Waals surface area contributed by atoms with Gasteiger partial charge < -0.3 is 13.6 Å². The average molecular weight is 432 g/mol. The van der Waals surface area contributed by atoms with Gasteiger partial charge in [-0.25, -0.2) is 9.97 Å². The first-order chi connectivity index (χ1) is 16.1. The van der Waals surface area contributed by atoms with E-state index in [9.17, 15) is 0 Å². The summed E-state index contributed by atoms with van der Waals surface area (Å²) in [6.07, 6.45) is 0. The summed E-state index contributed by atoms with van der Waals surface area (Å²) < 4.78 is 18.5. The third kappa shape index (κ3) is 3.53. The van der Waals surface area contributed by atoms with E-state index in [0.29, 0.717) is 17.5 Å². The van der Waals surface area contributed by atoms with Crippen LogP contribution in [0, 0.1) is 13.8 Å². The van der Waals surface area contributed by atoms with E-state index < -0.39 is 0 Å². The first kappa shape index (κ1) is 19.3. The van der Waals surface area contributed by atoms with E-state index >= 15 is 0 Å². The van der Waals surface area contributed by atoms with Crippen molar-refractivity contribution < 1.29 is 13.6 Å². The second-order valence-electron chi connectivity index (χ2n) is 8.06. The third-order valence-electron chi connectivity index (χ3n) is 5.61. The van der Waals surface area contributed by atoms with Crippen LogP contribution in [0.1, 0.15) is 11.1 Å². The molecule has 6 aromatic rings. The van der Waals surface area contributed by atoms with Crippen molar-refractivity contribution in [2.75, 3.05) is 0 Å². The van der Waals surface area contributed by atoms with Gasteiger partial charge in [0.25, 0.3) is 0 Å². The van der Waals surface area contributed by atoms with Gasteiger partial charge in [0.05, 0.1) is 5.56 Å². The van der Waals surface area contributed by atoms with Gasteiger partial charge in [0.1, 0.15) is 22.5 Å². The van der Waals surface area contributed by atoms with Crippen molar-refractivity contribution in [3.05, 3.63) is 96.1 Å². The van der Waals surface area contributed by atoms with Crippen molar-refractivity contribution in [1.82, 2.24) is 9.97 Å². The Bertz CT molecular complexity index is 1560. The molecular formula is C28H20N2O3. The Morgan fingerprint density at radius 2 is 1.30 bits per heavy atom. The summed E-state index contributed by atoms with van der Waals surface area (Å²) in [5.74, 6) is 2.43. The SMILES string of the molecule is Cc1ccc(C)c(Oc2cc(-c3nc4ccccc4o3)ccc2-c2nc3ccccc3o2)c1. The molecule has 0 radical (unpaired) electrons. The molecular weight excluding hydrogens is 412 g/mol. The Hall–Kier alpha value is -4.38. The Morgan fingerprint density at radius 3 is 2.03 bits per heavy atom. The number of benzene rings is 4. The highest BCUT2D eigenvalue weighted by Gasteiger charge is 2.18. The highest BCUT2D eigenvalue weighted by atomic mass is 16.5. The zero-order valence-electron chi connectivity index (χ0n) is 18.2. The molecule has 0 fully saturated rings. The second-order valence-corrected chi connectivity index (χ2v) is 8.06. The smallest absolute Gasteiger partial charge is 0.231 e. The van der Waals surface area contributed by atoms with E-state index in [1.807, 2.05) is 86.6 Å². The molecule has 0 saturated carbocycles. The molecule has 5 nitrogen and oxygen atoms in total. The highest BCUT2D eigenvalue weighted by Crippen LogP contribution is 2.39. The molecule has 33 heavy (non-hydrogen) atoms. The first-order valence-electron chi connectivity index (χ1n) is 10.7. The van der Waals surface area contributed by atoms with Crippen LogP contribution < -0.4 is 4.74 Å². The van der Waals surface area contributed by atoms with E-state index in [1.165, 1.54) is 0 Å². The van der Waals surface area contributed by atoms with Gasteiger partial charge in [0.15, 0.2) is 11.2 Å². The lowest BCUT2D eigenvalue weighted by Crippen LogP contribution is -1.93. The second kappa shape index (κ2) is 7.64. The molecule has 2 aromatic heterocycles. The molecule has 0 N–H and O–H groups in total. The summed E-state index contributed by atoms with van der Waals surface area (Å²) in [7, 11) is 0. The number of rotatable bonds is 4. The van der Waals surface area contributed by atoms with Crippen molar-refractivity contribution in [3.63, 3.8) is 0 Å². The Morgan fingerprint density at radius 1 is 0.636 bits per heavy atom. The van der Waals surface area contributed by atoms with E-state index in [4.69, 9.17) is 13.6 Å². The van der Waals surface area contributed by atoms with Crippen LogP contribution in [-0.4, -0.2) is 9.97 Å². The number of hydrogen-bond acceptors (Lipinski definition) is 5. The molecule has 0 bridgehead atoms. The van der Waals surface area contributed by atoms with E-state index in [0.717, 1.165) is 50.2 Å². The van der Waals surface area contributed by atoms with Crippen molar-refractivity contribution in [2.24, 2.45) is 0 Å². The number of aryl methyl sites for hydroxylation is 2. The maximum absolute atomic E-state index is 6.44. The van der Waals surface area contributed by atoms with Crippen LogP contribution >= 0.6 is 0 Å². The molecule has 0 spiro atoms. The molecule has 0 aliphatic carbocycles. The molecule has 0 aliphatic heterocycles. The number of ether oxygens (including phenoxy) is 1. The van der Waals surface area contributed by atoms with Crippen LogP contribution in [0.2, 0.25) is 0 Å². The van der Waals surface area contributed by atoms with Gasteiger partial charge in [0, 0.05) is 5.56 Å². The maximum Gasteiger partial charge on any atom is 0.231 e. The molecule has 0 saturated heterocycles. The van der Waals surface area contributed by atoms with Gasteiger partial charge in [-0.1, -0.05) is 36.4 Å². The zero-order valence-corrected chi connectivity index (χ0v) is 18.2. The number of oxazole rings is 2. The summed E-state index contributed by atoms with van der Waals surface area (Å²) in [5, 5.41) is 0. The van der Waals surface area contributed by atoms with Gasteiger partial charge in [-0.15, -0.1) is 0 Å². The first-order valence-corrected chi connectivity index (χ1v) is 10.7. The van der Waals surface area contributed by atoms with Gasteiger partial charge >= 0.3 is 0 Å². The maximum atomic E-state index is 6.44. The molecule has 160 valence electrons. The number of para-hydroxylation sites is 4. The normalized spacial score (nSPS) is 11.3. The van der Waals surface area contributed by atoms with E-state index in [2.05, 4.69) is 22.1 Å². The fraction of sp³-hybridized carbons (Fsp3) is 0.0714. The number of hydrogen-bond donors (Lipinski definition) is 0. The topological polar surface area (TPSA) is 61.3 Å². The minimum absolute atomic E-state index is 0.501. The molecule has 0 atom stereocenters. The third-order valence-corrected chi connectivity index (χ3v) is 5.61. The predicted octanol–water partition coefficient (Wildman–Crippen LogP) is 7.71. The average Bonchev–Trinajstić information content (AvgIpc) is 3.45. The lowest BCUT2D eigenvalue weighted by Gasteiger charge is -2.13. The van der Waals surface area contributed by atoms with E-state index in [-0.39, 0.29) is 0 Å². The van der Waals surface area contributed by atoms with Crippen LogP contribution in [0.25, 0.3) is 45.1 Å². The van der Waals surface area contributed by atoms with Crippen molar-refractivity contribution >= 4 is 22.2 Å². The van der Waals surface area contributed by atoms with Gasteiger partial charge in [0.2, 0.25) is 11.8 Å². The standard InChI is InChI=1S/C28H20N2O3/c1-17-11-12-18(2)25(15-17)31-26-16-19(27-29-21-7-3-5-9-23(21)32-27)13-14-20(26)28-30-22-8-4-6-10-24(22)33-28/h3-16H,1-2H3. The van der Waals surface area contributed by atoms with Crippen LogP contribution in [0.15, 0.2) is 93.8 Å². The monoisotopic (exact) mass is 432 g/mol. The van der Waals surface area contributed by atoms with Crippen LogP contribution in [-0.2, 0) is 0 Å². The largest absolute Gasteiger partial charge is 0.456 e.